The second-order valence-electron chi connectivity index (χ2n) is 7.10. The minimum atomic E-state index is -4.43. The SMILES string of the molecule is O=C(Nc1ccc(F)cc1)N1CCc2ccccc2[C@@H]1c1ccc(C(F)(F)F)cc1. The van der Waals surface area contributed by atoms with Crippen LogP contribution in [-0.4, -0.2) is 17.5 Å². The molecule has 0 aliphatic carbocycles. The van der Waals surface area contributed by atoms with Crippen LogP contribution < -0.4 is 5.32 Å². The number of rotatable bonds is 2. The van der Waals surface area contributed by atoms with E-state index in [1.165, 1.54) is 36.4 Å². The minimum Gasteiger partial charge on any atom is -0.313 e. The highest BCUT2D eigenvalue weighted by Gasteiger charge is 2.34. The number of amides is 2. The zero-order valence-electron chi connectivity index (χ0n) is 15.8. The van der Waals surface area contributed by atoms with Crippen LogP contribution in [0.3, 0.4) is 0 Å². The molecule has 0 fully saturated rings. The van der Waals surface area contributed by atoms with Gasteiger partial charge in [-0.1, -0.05) is 36.4 Å². The average molecular weight is 414 g/mol. The van der Waals surface area contributed by atoms with E-state index in [4.69, 9.17) is 0 Å². The Morgan fingerprint density at radius 2 is 1.60 bits per heavy atom. The van der Waals surface area contributed by atoms with E-state index in [1.54, 1.807) is 4.90 Å². The van der Waals surface area contributed by atoms with Crippen molar-refractivity contribution in [3.05, 3.63) is 101 Å². The molecule has 0 bridgehead atoms. The monoisotopic (exact) mass is 414 g/mol. The van der Waals surface area contributed by atoms with E-state index in [9.17, 15) is 22.4 Å². The first-order chi connectivity index (χ1) is 14.3. The van der Waals surface area contributed by atoms with Crippen LogP contribution in [0.5, 0.6) is 0 Å². The van der Waals surface area contributed by atoms with Crippen molar-refractivity contribution in [1.82, 2.24) is 4.90 Å². The van der Waals surface area contributed by atoms with Crippen molar-refractivity contribution in [3.63, 3.8) is 0 Å². The molecule has 2 amide bonds. The Morgan fingerprint density at radius 3 is 2.27 bits per heavy atom. The topological polar surface area (TPSA) is 32.3 Å². The largest absolute Gasteiger partial charge is 0.416 e. The second-order valence-corrected chi connectivity index (χ2v) is 7.10. The van der Waals surface area contributed by atoms with Gasteiger partial charge in [-0.15, -0.1) is 0 Å². The van der Waals surface area contributed by atoms with Crippen LogP contribution in [0, 0.1) is 5.82 Å². The molecule has 4 rings (SSSR count). The van der Waals surface area contributed by atoms with Crippen molar-refractivity contribution in [2.45, 2.75) is 18.6 Å². The van der Waals surface area contributed by atoms with Crippen molar-refractivity contribution in [3.8, 4) is 0 Å². The molecule has 0 unspecified atom stereocenters. The van der Waals surface area contributed by atoms with E-state index in [-0.39, 0.29) is 0 Å². The van der Waals surface area contributed by atoms with Gasteiger partial charge in [0.2, 0.25) is 0 Å². The smallest absolute Gasteiger partial charge is 0.313 e. The summed E-state index contributed by atoms with van der Waals surface area (Å²) in [7, 11) is 0. The van der Waals surface area contributed by atoms with Gasteiger partial charge < -0.3 is 10.2 Å². The van der Waals surface area contributed by atoms with Gasteiger partial charge in [0.1, 0.15) is 5.82 Å². The van der Waals surface area contributed by atoms with E-state index in [0.29, 0.717) is 24.2 Å². The maximum atomic E-state index is 13.1. The number of carbonyl (C=O) groups excluding carboxylic acids is 1. The van der Waals surface area contributed by atoms with Gasteiger partial charge in [-0.25, -0.2) is 9.18 Å². The molecule has 1 atom stereocenters. The molecule has 3 nitrogen and oxygen atoms in total. The van der Waals surface area contributed by atoms with E-state index in [2.05, 4.69) is 5.32 Å². The Labute approximate surface area is 170 Å². The number of nitrogens with zero attached hydrogens (tertiary/aromatic N) is 1. The number of benzene rings is 3. The molecule has 30 heavy (non-hydrogen) atoms. The van der Waals surface area contributed by atoms with Gasteiger partial charge >= 0.3 is 12.2 Å². The first-order valence-corrected chi connectivity index (χ1v) is 9.41. The summed E-state index contributed by atoms with van der Waals surface area (Å²) in [4.78, 5) is 14.6. The number of anilines is 1. The molecule has 0 saturated heterocycles. The molecule has 0 saturated carbocycles. The Bertz CT molecular complexity index is 1050. The van der Waals surface area contributed by atoms with Crippen molar-refractivity contribution in [2.24, 2.45) is 0 Å². The molecular formula is C23H18F4N2O. The van der Waals surface area contributed by atoms with Gasteiger partial charge in [-0.05, 0) is 59.5 Å². The zero-order chi connectivity index (χ0) is 21.3. The Balaban J connectivity index is 1.68. The summed E-state index contributed by atoms with van der Waals surface area (Å²) in [6.07, 6.45) is -3.80. The standard InChI is InChI=1S/C23H18F4N2O/c24-18-9-11-19(12-10-18)28-22(30)29-14-13-15-3-1-2-4-20(15)21(29)16-5-7-17(8-6-16)23(25,26)27/h1-12,21H,13-14H2,(H,28,30)/t21-/m0/s1. The third-order valence-electron chi connectivity index (χ3n) is 5.19. The molecule has 1 aliphatic rings. The Kier molecular flexibility index (Phi) is 5.20. The molecule has 3 aromatic rings. The predicted molar refractivity (Wildman–Crippen MR) is 106 cm³/mol. The maximum Gasteiger partial charge on any atom is 0.416 e. The van der Waals surface area contributed by atoms with Crippen molar-refractivity contribution in [2.75, 3.05) is 11.9 Å². The van der Waals surface area contributed by atoms with Crippen LogP contribution in [0.2, 0.25) is 0 Å². The highest BCUT2D eigenvalue weighted by molar-refractivity contribution is 5.90. The van der Waals surface area contributed by atoms with E-state index in [0.717, 1.165) is 23.3 Å². The van der Waals surface area contributed by atoms with Crippen LogP contribution in [0.15, 0.2) is 72.8 Å². The van der Waals surface area contributed by atoms with Gasteiger partial charge in [-0.3, -0.25) is 0 Å². The van der Waals surface area contributed by atoms with E-state index < -0.39 is 29.6 Å². The summed E-state index contributed by atoms with van der Waals surface area (Å²) in [5.74, 6) is -0.414. The lowest BCUT2D eigenvalue weighted by Gasteiger charge is -2.37. The predicted octanol–water partition coefficient (Wildman–Crippen LogP) is 6.02. The molecule has 1 N–H and O–H groups in total. The summed E-state index contributed by atoms with van der Waals surface area (Å²) in [5.41, 5.74) is 2.21. The lowest BCUT2D eigenvalue weighted by Crippen LogP contribution is -2.43. The molecule has 1 heterocycles. The lowest BCUT2D eigenvalue weighted by atomic mass is 9.88. The minimum absolute atomic E-state index is 0.399. The Hall–Kier alpha value is -3.35. The number of halogens is 4. The van der Waals surface area contributed by atoms with Gasteiger partial charge in [0, 0.05) is 12.2 Å². The molecule has 154 valence electrons. The molecule has 0 radical (unpaired) electrons. The average Bonchev–Trinajstić information content (AvgIpc) is 2.74. The summed E-state index contributed by atoms with van der Waals surface area (Å²) in [6, 6.07) is 16.9. The fourth-order valence-corrected chi connectivity index (χ4v) is 3.73. The van der Waals surface area contributed by atoms with Gasteiger partial charge in [-0.2, -0.15) is 13.2 Å². The van der Waals surface area contributed by atoms with Gasteiger partial charge in [0.25, 0.3) is 0 Å². The lowest BCUT2D eigenvalue weighted by molar-refractivity contribution is -0.137. The number of urea groups is 1. The molecular weight excluding hydrogens is 396 g/mol. The van der Waals surface area contributed by atoms with Gasteiger partial charge in [0.15, 0.2) is 0 Å². The number of fused-ring (bicyclic) bond motifs is 1. The fraction of sp³-hybridized carbons (Fsp3) is 0.174. The van der Waals surface area contributed by atoms with Crippen LogP contribution in [0.4, 0.5) is 28.0 Å². The highest BCUT2D eigenvalue weighted by Crippen LogP contribution is 2.37. The Morgan fingerprint density at radius 1 is 0.933 bits per heavy atom. The third-order valence-corrected chi connectivity index (χ3v) is 5.19. The van der Waals surface area contributed by atoms with Gasteiger partial charge in [0.05, 0.1) is 11.6 Å². The van der Waals surface area contributed by atoms with Crippen LogP contribution in [-0.2, 0) is 12.6 Å². The van der Waals surface area contributed by atoms with E-state index in [1.807, 2.05) is 24.3 Å². The molecule has 3 aromatic carbocycles. The van der Waals surface area contributed by atoms with Crippen molar-refractivity contribution < 1.29 is 22.4 Å². The van der Waals surface area contributed by atoms with Crippen LogP contribution in [0.1, 0.15) is 28.3 Å². The molecule has 0 spiro atoms. The maximum absolute atomic E-state index is 13.1. The highest BCUT2D eigenvalue weighted by atomic mass is 19.4. The van der Waals surface area contributed by atoms with E-state index >= 15 is 0 Å². The zero-order valence-corrected chi connectivity index (χ0v) is 15.8. The summed E-state index contributed by atoms with van der Waals surface area (Å²) >= 11 is 0. The first-order valence-electron chi connectivity index (χ1n) is 9.41. The number of carbonyl (C=O) groups is 1. The molecule has 0 aromatic heterocycles. The number of hydrogen-bond donors (Lipinski definition) is 1. The number of nitrogens with one attached hydrogen (secondary N) is 1. The fourth-order valence-electron chi connectivity index (χ4n) is 3.73. The molecule has 7 heteroatoms. The first kappa shape index (κ1) is 19.9. The van der Waals surface area contributed by atoms with Crippen molar-refractivity contribution in [1.29, 1.82) is 0 Å². The second kappa shape index (κ2) is 7.82. The number of hydrogen-bond acceptors (Lipinski definition) is 1. The molecule has 1 aliphatic heterocycles. The summed E-state index contributed by atoms with van der Waals surface area (Å²) < 4.78 is 52.1. The van der Waals surface area contributed by atoms with Crippen LogP contribution in [0.25, 0.3) is 0 Å². The van der Waals surface area contributed by atoms with Crippen molar-refractivity contribution >= 4 is 11.7 Å². The third kappa shape index (κ3) is 4.01. The normalized spacial score (nSPS) is 16.1. The van der Waals surface area contributed by atoms with Crippen LogP contribution >= 0.6 is 0 Å². The summed E-state index contributed by atoms with van der Waals surface area (Å²) in [5, 5.41) is 2.75. The number of alkyl halides is 3. The summed E-state index contributed by atoms with van der Waals surface area (Å²) in [6.45, 7) is 0.399. The quantitative estimate of drug-likeness (QED) is 0.511.